The van der Waals surface area contributed by atoms with E-state index in [1.54, 1.807) is 0 Å². The highest BCUT2D eigenvalue weighted by Gasteiger charge is 2.09. The Kier molecular flexibility index (Phi) is 11.0. The van der Waals surface area contributed by atoms with E-state index < -0.39 is 0 Å². The van der Waals surface area contributed by atoms with E-state index in [4.69, 9.17) is 15.2 Å². The first-order valence-electron chi connectivity index (χ1n) is 9.08. The maximum atomic E-state index is 5.96. The molecule has 0 saturated heterocycles. The average molecular weight is 338 g/mol. The van der Waals surface area contributed by atoms with E-state index in [0.29, 0.717) is 24.9 Å². The van der Waals surface area contributed by atoms with E-state index in [9.17, 15) is 0 Å². The first-order valence-corrected chi connectivity index (χ1v) is 9.08. The van der Waals surface area contributed by atoms with Crippen LogP contribution in [-0.2, 0) is 4.74 Å². The van der Waals surface area contributed by atoms with Crippen LogP contribution in [0.3, 0.4) is 0 Å². The molecule has 3 N–H and O–H groups in total. The van der Waals surface area contributed by atoms with Gasteiger partial charge in [-0.1, -0.05) is 20.3 Å². The van der Waals surface area contributed by atoms with Crippen LogP contribution in [0.1, 0.15) is 39.5 Å². The van der Waals surface area contributed by atoms with Crippen molar-refractivity contribution >= 4 is 11.5 Å². The summed E-state index contributed by atoms with van der Waals surface area (Å²) in [5.41, 5.74) is 7.05. The molecule has 0 aromatic carbocycles. The number of hydrogen-bond donors (Lipinski definition) is 2. The molecular formula is C18H34N4O2. The minimum atomic E-state index is 0.505. The fraction of sp³-hybridized carbons (Fsp3) is 0.722. The molecule has 0 amide bonds. The SMILES string of the molecule is CCCCN(CCC)c1cc(N)nc(OCCCOCCNC)c1. The molecule has 0 unspecified atom stereocenters. The second-order valence-electron chi connectivity index (χ2n) is 5.85. The van der Waals surface area contributed by atoms with Crippen LogP contribution in [0.4, 0.5) is 11.5 Å². The highest BCUT2D eigenvalue weighted by atomic mass is 16.5. The molecule has 0 spiro atoms. The molecule has 0 saturated carbocycles. The standard InChI is InChI=1S/C18H34N4O2/c1-4-6-10-22(9-5-2)16-14-17(19)21-18(15-16)24-12-7-11-23-13-8-20-3/h14-15,20H,4-13H2,1-3H3,(H2,19,21). The lowest BCUT2D eigenvalue weighted by molar-refractivity contribution is 0.121. The van der Waals surface area contributed by atoms with Gasteiger partial charge < -0.3 is 25.4 Å². The Labute approximate surface area is 146 Å². The molecule has 6 heteroatoms. The quantitative estimate of drug-likeness (QED) is 0.508. The van der Waals surface area contributed by atoms with Gasteiger partial charge in [0.2, 0.25) is 5.88 Å². The third-order valence-electron chi connectivity index (χ3n) is 3.63. The van der Waals surface area contributed by atoms with E-state index in [1.807, 2.05) is 19.2 Å². The number of rotatable bonds is 14. The van der Waals surface area contributed by atoms with Crippen molar-refractivity contribution in [1.29, 1.82) is 0 Å². The molecule has 1 aromatic rings. The van der Waals surface area contributed by atoms with Gasteiger partial charge in [-0.05, 0) is 19.9 Å². The van der Waals surface area contributed by atoms with Gasteiger partial charge in [0.1, 0.15) is 5.82 Å². The van der Waals surface area contributed by atoms with Gasteiger partial charge in [0.15, 0.2) is 0 Å². The minimum absolute atomic E-state index is 0.505. The van der Waals surface area contributed by atoms with Crippen LogP contribution in [0.5, 0.6) is 5.88 Å². The molecule has 0 aliphatic rings. The van der Waals surface area contributed by atoms with Crippen LogP contribution in [0.25, 0.3) is 0 Å². The highest BCUT2D eigenvalue weighted by Crippen LogP contribution is 2.23. The van der Waals surface area contributed by atoms with E-state index in [2.05, 4.69) is 29.0 Å². The molecule has 1 rings (SSSR count). The molecular weight excluding hydrogens is 304 g/mol. The lowest BCUT2D eigenvalue weighted by atomic mass is 10.2. The van der Waals surface area contributed by atoms with Crippen molar-refractivity contribution < 1.29 is 9.47 Å². The third kappa shape index (κ3) is 8.36. The van der Waals surface area contributed by atoms with Gasteiger partial charge in [0, 0.05) is 50.5 Å². The molecule has 0 bridgehead atoms. The number of nitrogens with zero attached hydrogens (tertiary/aromatic N) is 2. The summed E-state index contributed by atoms with van der Waals surface area (Å²) in [6.07, 6.45) is 4.29. The second-order valence-corrected chi connectivity index (χ2v) is 5.85. The number of nitrogens with two attached hydrogens (primary N) is 1. The van der Waals surface area contributed by atoms with Gasteiger partial charge in [0.05, 0.1) is 13.2 Å². The minimum Gasteiger partial charge on any atom is -0.477 e. The Morgan fingerprint density at radius 3 is 2.62 bits per heavy atom. The smallest absolute Gasteiger partial charge is 0.217 e. The number of hydrogen-bond acceptors (Lipinski definition) is 6. The number of aromatic nitrogens is 1. The monoisotopic (exact) mass is 338 g/mol. The molecule has 0 radical (unpaired) electrons. The topological polar surface area (TPSA) is 72.6 Å². The van der Waals surface area contributed by atoms with Crippen LogP contribution < -0.4 is 20.7 Å². The van der Waals surface area contributed by atoms with Gasteiger partial charge in [0.25, 0.3) is 0 Å². The second kappa shape index (κ2) is 12.8. The van der Waals surface area contributed by atoms with Gasteiger partial charge in [-0.3, -0.25) is 0 Å². The van der Waals surface area contributed by atoms with Crippen molar-refractivity contribution in [3.63, 3.8) is 0 Å². The zero-order chi connectivity index (χ0) is 17.6. The largest absolute Gasteiger partial charge is 0.477 e. The Morgan fingerprint density at radius 1 is 1.08 bits per heavy atom. The van der Waals surface area contributed by atoms with E-state index >= 15 is 0 Å². The van der Waals surface area contributed by atoms with Crippen molar-refractivity contribution in [2.75, 3.05) is 57.1 Å². The number of unbranched alkanes of at least 4 members (excludes halogenated alkanes) is 1. The molecule has 24 heavy (non-hydrogen) atoms. The Morgan fingerprint density at radius 2 is 1.92 bits per heavy atom. The summed E-state index contributed by atoms with van der Waals surface area (Å²) < 4.78 is 11.2. The first kappa shape index (κ1) is 20.5. The molecule has 0 fully saturated rings. The summed E-state index contributed by atoms with van der Waals surface area (Å²) >= 11 is 0. The fourth-order valence-electron chi connectivity index (χ4n) is 2.37. The highest BCUT2D eigenvalue weighted by molar-refractivity contribution is 5.55. The molecule has 0 aliphatic heterocycles. The van der Waals surface area contributed by atoms with Crippen molar-refractivity contribution in [2.24, 2.45) is 0 Å². The van der Waals surface area contributed by atoms with Crippen LogP contribution in [0, 0.1) is 0 Å². The summed E-state index contributed by atoms with van der Waals surface area (Å²) in [5, 5.41) is 3.05. The number of nitrogen functional groups attached to an aromatic ring is 1. The van der Waals surface area contributed by atoms with Gasteiger partial charge in [-0.2, -0.15) is 4.98 Å². The summed E-state index contributed by atoms with van der Waals surface area (Å²) in [5.74, 6) is 1.10. The molecule has 0 atom stereocenters. The molecule has 138 valence electrons. The van der Waals surface area contributed by atoms with Crippen LogP contribution in [-0.4, -0.2) is 51.5 Å². The zero-order valence-electron chi connectivity index (χ0n) is 15.5. The van der Waals surface area contributed by atoms with Gasteiger partial charge >= 0.3 is 0 Å². The fourth-order valence-corrected chi connectivity index (χ4v) is 2.37. The average Bonchev–Trinajstić information content (AvgIpc) is 2.57. The number of ether oxygens (including phenoxy) is 2. The summed E-state index contributed by atoms with van der Waals surface area (Å²) in [6.45, 7) is 9.31. The van der Waals surface area contributed by atoms with E-state index in [-0.39, 0.29) is 0 Å². The molecule has 1 heterocycles. The number of pyridine rings is 1. The van der Waals surface area contributed by atoms with E-state index in [0.717, 1.165) is 44.8 Å². The van der Waals surface area contributed by atoms with Crippen molar-refractivity contribution in [3.8, 4) is 5.88 Å². The molecule has 0 aliphatic carbocycles. The lowest BCUT2D eigenvalue weighted by Gasteiger charge is -2.24. The summed E-state index contributed by atoms with van der Waals surface area (Å²) in [4.78, 5) is 6.64. The Bertz CT molecular complexity index is 443. The summed E-state index contributed by atoms with van der Waals surface area (Å²) in [7, 11) is 1.91. The van der Waals surface area contributed by atoms with Crippen LogP contribution in [0.15, 0.2) is 12.1 Å². The number of nitrogens with one attached hydrogen (secondary N) is 1. The third-order valence-corrected chi connectivity index (χ3v) is 3.63. The van der Waals surface area contributed by atoms with Crippen molar-refractivity contribution in [2.45, 2.75) is 39.5 Å². The summed E-state index contributed by atoms with van der Waals surface area (Å²) in [6, 6.07) is 3.92. The molecule has 1 aromatic heterocycles. The van der Waals surface area contributed by atoms with Gasteiger partial charge in [-0.25, -0.2) is 0 Å². The Hall–Kier alpha value is -1.53. The number of anilines is 2. The van der Waals surface area contributed by atoms with Gasteiger partial charge in [-0.15, -0.1) is 0 Å². The first-order chi connectivity index (χ1) is 11.7. The molecule has 6 nitrogen and oxygen atoms in total. The Balaban J connectivity index is 2.51. The number of likely N-dealkylation sites (N-methyl/N-ethyl adjacent to an activating group) is 1. The van der Waals surface area contributed by atoms with E-state index in [1.165, 1.54) is 12.8 Å². The zero-order valence-corrected chi connectivity index (χ0v) is 15.5. The van der Waals surface area contributed by atoms with Crippen molar-refractivity contribution in [3.05, 3.63) is 12.1 Å². The maximum Gasteiger partial charge on any atom is 0.217 e. The van der Waals surface area contributed by atoms with Crippen LogP contribution in [0.2, 0.25) is 0 Å². The normalized spacial score (nSPS) is 10.8. The van der Waals surface area contributed by atoms with Crippen molar-refractivity contribution in [1.82, 2.24) is 10.3 Å². The maximum absolute atomic E-state index is 5.96. The predicted molar refractivity (Wildman–Crippen MR) is 101 cm³/mol. The lowest BCUT2D eigenvalue weighted by Crippen LogP contribution is -2.25. The predicted octanol–water partition coefficient (Wildman–Crippen LogP) is 2.69. The van der Waals surface area contributed by atoms with Crippen LogP contribution >= 0.6 is 0 Å².